The van der Waals surface area contributed by atoms with Gasteiger partial charge in [0.15, 0.2) is 6.10 Å². The molecule has 1 heterocycles. The van der Waals surface area contributed by atoms with Gasteiger partial charge in [-0.1, -0.05) is 19.4 Å². The molecule has 0 bridgehead atoms. The van der Waals surface area contributed by atoms with Gasteiger partial charge in [0, 0.05) is 4.47 Å². The van der Waals surface area contributed by atoms with Crippen LogP contribution in [0.15, 0.2) is 16.6 Å². The van der Waals surface area contributed by atoms with Crippen molar-refractivity contribution < 1.29 is 9.53 Å². The summed E-state index contributed by atoms with van der Waals surface area (Å²) in [6, 6.07) is 3.87. The van der Waals surface area contributed by atoms with Crippen LogP contribution in [0.5, 0.6) is 5.75 Å². The van der Waals surface area contributed by atoms with E-state index in [0.29, 0.717) is 5.56 Å². The highest BCUT2D eigenvalue weighted by Gasteiger charge is 2.34. The summed E-state index contributed by atoms with van der Waals surface area (Å²) in [7, 11) is 0. The predicted octanol–water partition coefficient (Wildman–Crippen LogP) is 3.50. The number of rotatable bonds is 2. The van der Waals surface area contributed by atoms with Crippen LogP contribution >= 0.6 is 15.9 Å². The van der Waals surface area contributed by atoms with Crippen LogP contribution in [-0.2, 0) is 0 Å². The van der Waals surface area contributed by atoms with E-state index in [-0.39, 0.29) is 11.9 Å². The van der Waals surface area contributed by atoms with Gasteiger partial charge in [-0.2, -0.15) is 0 Å². The van der Waals surface area contributed by atoms with Crippen molar-refractivity contribution in [3.8, 4) is 5.75 Å². The second kappa shape index (κ2) is 3.97. The van der Waals surface area contributed by atoms with Crippen molar-refractivity contribution in [3.05, 3.63) is 27.7 Å². The minimum absolute atomic E-state index is 0.113. The molecule has 1 aliphatic rings. The van der Waals surface area contributed by atoms with Crippen LogP contribution in [0, 0.1) is 6.92 Å². The Morgan fingerprint density at radius 3 is 2.80 bits per heavy atom. The molecule has 1 atom stereocenters. The van der Waals surface area contributed by atoms with Crippen molar-refractivity contribution in [2.75, 3.05) is 0 Å². The van der Waals surface area contributed by atoms with E-state index in [1.807, 2.05) is 19.1 Å². The van der Waals surface area contributed by atoms with Crippen molar-refractivity contribution in [2.24, 2.45) is 0 Å². The molecule has 0 aliphatic carbocycles. The molecular formula is C12H13BrO2. The Hall–Kier alpha value is -0.830. The number of hydrogen-bond donors (Lipinski definition) is 0. The molecule has 80 valence electrons. The molecule has 15 heavy (non-hydrogen) atoms. The van der Waals surface area contributed by atoms with E-state index >= 15 is 0 Å². The smallest absolute Gasteiger partial charge is 0.208 e. The van der Waals surface area contributed by atoms with Gasteiger partial charge in [0.2, 0.25) is 5.78 Å². The first-order valence-electron chi connectivity index (χ1n) is 5.15. The number of carbonyl (C=O) groups is 1. The zero-order valence-electron chi connectivity index (χ0n) is 8.84. The lowest BCUT2D eigenvalue weighted by molar-refractivity contribution is 0.0844. The highest BCUT2D eigenvalue weighted by molar-refractivity contribution is 9.10. The summed E-state index contributed by atoms with van der Waals surface area (Å²) in [6.07, 6.45) is 1.47. The van der Waals surface area contributed by atoms with Gasteiger partial charge in [-0.15, -0.1) is 0 Å². The van der Waals surface area contributed by atoms with Gasteiger partial charge in [0.25, 0.3) is 0 Å². The molecule has 0 saturated heterocycles. The lowest BCUT2D eigenvalue weighted by Gasteiger charge is -2.07. The monoisotopic (exact) mass is 268 g/mol. The van der Waals surface area contributed by atoms with Gasteiger partial charge < -0.3 is 4.74 Å². The van der Waals surface area contributed by atoms with Crippen molar-refractivity contribution in [2.45, 2.75) is 32.8 Å². The third-order valence-electron chi connectivity index (χ3n) is 2.65. The minimum Gasteiger partial charge on any atom is -0.481 e. The molecule has 3 heteroatoms. The number of ether oxygens (including phenoxy) is 1. The zero-order valence-corrected chi connectivity index (χ0v) is 10.4. The molecule has 0 fully saturated rings. The van der Waals surface area contributed by atoms with E-state index in [0.717, 1.165) is 28.6 Å². The topological polar surface area (TPSA) is 26.3 Å². The third kappa shape index (κ3) is 1.69. The molecule has 2 nitrogen and oxygen atoms in total. The first kappa shape index (κ1) is 10.7. The summed E-state index contributed by atoms with van der Waals surface area (Å²) in [5.41, 5.74) is 1.74. The maximum Gasteiger partial charge on any atom is 0.208 e. The number of aryl methyl sites for hydroxylation is 1. The Kier molecular flexibility index (Phi) is 2.83. The molecule has 1 aromatic carbocycles. The van der Waals surface area contributed by atoms with Crippen LogP contribution in [0.3, 0.4) is 0 Å². The third-order valence-corrected chi connectivity index (χ3v) is 3.31. The van der Waals surface area contributed by atoms with Crippen molar-refractivity contribution in [1.29, 1.82) is 0 Å². The quantitative estimate of drug-likeness (QED) is 0.821. The summed E-state index contributed by atoms with van der Waals surface area (Å²) in [4.78, 5) is 12.0. The fraction of sp³-hybridized carbons (Fsp3) is 0.417. The van der Waals surface area contributed by atoms with E-state index in [4.69, 9.17) is 4.74 Å². The fourth-order valence-electron chi connectivity index (χ4n) is 1.85. The molecule has 1 aromatic rings. The van der Waals surface area contributed by atoms with E-state index in [1.165, 1.54) is 0 Å². The van der Waals surface area contributed by atoms with E-state index < -0.39 is 0 Å². The van der Waals surface area contributed by atoms with Crippen LogP contribution < -0.4 is 4.74 Å². The molecule has 0 aromatic heterocycles. The summed E-state index contributed by atoms with van der Waals surface area (Å²) >= 11 is 3.40. The SMILES string of the molecule is CCCC1Oc2c(C)ccc(Br)c2C1=O. The van der Waals surface area contributed by atoms with Gasteiger partial charge in [-0.05, 0) is 40.9 Å². The molecule has 0 amide bonds. The average Bonchev–Trinajstić information content (AvgIpc) is 2.53. The summed E-state index contributed by atoms with van der Waals surface area (Å²) in [5.74, 6) is 0.871. The minimum atomic E-state index is -0.276. The Labute approximate surface area is 97.8 Å². The highest BCUT2D eigenvalue weighted by Crippen LogP contribution is 2.38. The van der Waals surface area contributed by atoms with Gasteiger partial charge >= 0.3 is 0 Å². The molecule has 1 aliphatic heterocycles. The molecular weight excluding hydrogens is 256 g/mol. The maximum absolute atomic E-state index is 12.0. The standard InChI is InChI=1S/C12H13BrO2/c1-3-4-9-11(14)10-8(13)6-5-7(2)12(10)15-9/h5-6,9H,3-4H2,1-2H3. The maximum atomic E-state index is 12.0. The number of Topliss-reactive ketones (excluding diaryl/α,β-unsaturated/α-hetero) is 1. The van der Waals surface area contributed by atoms with E-state index in [9.17, 15) is 4.79 Å². The zero-order chi connectivity index (χ0) is 11.0. The van der Waals surface area contributed by atoms with Crippen LogP contribution in [0.25, 0.3) is 0 Å². The summed E-state index contributed by atoms with van der Waals surface area (Å²) < 4.78 is 6.53. The molecule has 1 unspecified atom stereocenters. The predicted molar refractivity (Wildman–Crippen MR) is 62.5 cm³/mol. The Morgan fingerprint density at radius 2 is 2.20 bits per heavy atom. The van der Waals surface area contributed by atoms with Crippen LogP contribution in [0.2, 0.25) is 0 Å². The fourth-order valence-corrected chi connectivity index (χ4v) is 2.36. The van der Waals surface area contributed by atoms with E-state index in [1.54, 1.807) is 0 Å². The number of fused-ring (bicyclic) bond motifs is 1. The number of hydrogen-bond acceptors (Lipinski definition) is 2. The lowest BCUT2D eigenvalue weighted by Crippen LogP contribution is -2.19. The molecule has 0 spiro atoms. The number of carbonyl (C=O) groups excluding carboxylic acids is 1. The molecule has 2 rings (SSSR count). The summed E-state index contributed by atoms with van der Waals surface area (Å²) in [5, 5.41) is 0. The average molecular weight is 269 g/mol. The second-order valence-corrected chi connectivity index (χ2v) is 4.68. The molecule has 0 saturated carbocycles. The van der Waals surface area contributed by atoms with Gasteiger partial charge in [0.05, 0.1) is 5.56 Å². The van der Waals surface area contributed by atoms with Crippen LogP contribution in [0.1, 0.15) is 35.7 Å². The van der Waals surface area contributed by atoms with E-state index in [2.05, 4.69) is 22.9 Å². The second-order valence-electron chi connectivity index (χ2n) is 3.83. The largest absolute Gasteiger partial charge is 0.481 e. The van der Waals surface area contributed by atoms with Crippen LogP contribution in [0.4, 0.5) is 0 Å². The van der Waals surface area contributed by atoms with Crippen LogP contribution in [-0.4, -0.2) is 11.9 Å². The number of halogens is 1. The number of benzene rings is 1. The Morgan fingerprint density at radius 1 is 1.47 bits per heavy atom. The van der Waals surface area contributed by atoms with Crippen molar-refractivity contribution in [3.63, 3.8) is 0 Å². The first-order valence-corrected chi connectivity index (χ1v) is 5.94. The molecule has 0 N–H and O–H groups in total. The number of ketones is 1. The normalized spacial score (nSPS) is 18.9. The lowest BCUT2D eigenvalue weighted by atomic mass is 10.0. The Balaban J connectivity index is 2.44. The highest BCUT2D eigenvalue weighted by atomic mass is 79.9. The van der Waals surface area contributed by atoms with Crippen molar-refractivity contribution >= 4 is 21.7 Å². The van der Waals surface area contributed by atoms with Gasteiger partial charge in [0.1, 0.15) is 5.75 Å². The first-order chi connectivity index (χ1) is 7.15. The van der Waals surface area contributed by atoms with Gasteiger partial charge in [-0.3, -0.25) is 4.79 Å². The van der Waals surface area contributed by atoms with Crippen molar-refractivity contribution in [1.82, 2.24) is 0 Å². The summed E-state index contributed by atoms with van der Waals surface area (Å²) in [6.45, 7) is 4.02. The Bertz CT molecular complexity index is 412. The molecule has 0 radical (unpaired) electrons. The van der Waals surface area contributed by atoms with Gasteiger partial charge in [-0.25, -0.2) is 0 Å².